The van der Waals surface area contributed by atoms with E-state index in [0.29, 0.717) is 6.42 Å². The van der Waals surface area contributed by atoms with Crippen LogP contribution in [0.25, 0.3) is 0 Å². The van der Waals surface area contributed by atoms with Gasteiger partial charge >= 0.3 is 0 Å². The normalized spacial score (nSPS) is 26.6. The fraction of sp³-hybridized carbons (Fsp3) is 0.765. The van der Waals surface area contributed by atoms with Crippen LogP contribution in [0.15, 0.2) is 48.6 Å². The quantitative estimate of drug-likeness (QED) is 0.298. The molecule has 2 saturated carbocycles. The molecule has 3 aliphatic carbocycles. The average Bonchev–Trinajstić information content (AvgIpc) is 3.34. The number of rotatable bonds is 8. The Hall–Kier alpha value is -1.11. The zero-order valence-corrected chi connectivity index (χ0v) is 24.9. The van der Waals surface area contributed by atoms with Crippen molar-refractivity contribution >= 4 is 0 Å². The molecule has 1 heteroatoms. The zero-order chi connectivity index (χ0) is 26.7. The first-order valence-corrected chi connectivity index (χ1v) is 15.1. The summed E-state index contributed by atoms with van der Waals surface area (Å²) in [5.74, 6) is 2.10. The van der Waals surface area contributed by atoms with Crippen molar-refractivity contribution in [3.63, 3.8) is 0 Å². The summed E-state index contributed by atoms with van der Waals surface area (Å²) in [5, 5.41) is 0. The third kappa shape index (κ3) is 13.7. The average molecular weight is 489 g/mol. The van der Waals surface area contributed by atoms with Crippen LogP contribution in [0.3, 0.4) is 0 Å². The predicted molar refractivity (Wildman–Crippen MR) is 159 cm³/mol. The Bertz CT molecular complexity index is 615. The van der Waals surface area contributed by atoms with E-state index in [0.717, 1.165) is 30.3 Å². The third-order valence-electron chi connectivity index (χ3n) is 7.91. The molecular formula is C34H61F. The standard InChI is InChI=1S/C14H19F.C11H22.C7H14.C2H6/c1-3-14(9-4-5-10-14)12-7-6-8-13(2,15)11-12;1-3-4-8-11-9-6-5-7-10(11)2;1-4-5-6-7(2)3;1-2/h3,6-7,11H,1,4-5,8-10H2,2H3;10-11H,3-9H2,1-2H3;2,4-6H2,1,3H3;1-2H3. The van der Waals surface area contributed by atoms with Crippen LogP contribution < -0.4 is 0 Å². The molecule has 0 aromatic rings. The highest BCUT2D eigenvalue weighted by Gasteiger charge is 2.36. The Labute approximate surface area is 220 Å². The van der Waals surface area contributed by atoms with Crippen LogP contribution in [0.4, 0.5) is 4.39 Å². The molecule has 0 bridgehead atoms. The first-order valence-electron chi connectivity index (χ1n) is 15.1. The van der Waals surface area contributed by atoms with Crippen molar-refractivity contribution in [1.29, 1.82) is 0 Å². The van der Waals surface area contributed by atoms with Crippen LogP contribution in [-0.4, -0.2) is 5.67 Å². The van der Waals surface area contributed by atoms with Crippen molar-refractivity contribution in [1.82, 2.24) is 0 Å². The van der Waals surface area contributed by atoms with E-state index in [-0.39, 0.29) is 5.41 Å². The van der Waals surface area contributed by atoms with Crippen molar-refractivity contribution < 1.29 is 4.39 Å². The summed E-state index contributed by atoms with van der Waals surface area (Å²) in [6.07, 6.45) is 27.2. The molecule has 204 valence electrons. The highest BCUT2D eigenvalue weighted by Crippen LogP contribution is 2.47. The van der Waals surface area contributed by atoms with E-state index in [1.807, 2.05) is 26.0 Å². The lowest BCUT2D eigenvalue weighted by molar-refractivity contribution is 0.237. The minimum atomic E-state index is -1.16. The lowest BCUT2D eigenvalue weighted by Gasteiger charge is -2.31. The molecule has 3 rings (SSSR count). The van der Waals surface area contributed by atoms with E-state index in [1.165, 1.54) is 82.6 Å². The molecule has 0 N–H and O–H groups in total. The van der Waals surface area contributed by atoms with Crippen LogP contribution in [0.2, 0.25) is 0 Å². The molecule has 3 atom stereocenters. The Balaban J connectivity index is 0.000000511. The van der Waals surface area contributed by atoms with Gasteiger partial charge in [-0.2, -0.15) is 0 Å². The molecule has 3 aliphatic rings. The van der Waals surface area contributed by atoms with Crippen LogP contribution in [0.1, 0.15) is 145 Å². The van der Waals surface area contributed by atoms with E-state index in [4.69, 9.17) is 0 Å². The van der Waals surface area contributed by atoms with E-state index >= 15 is 0 Å². The number of hydrogen-bond donors (Lipinski definition) is 0. The summed E-state index contributed by atoms with van der Waals surface area (Å²) in [6, 6.07) is 0. The highest BCUT2D eigenvalue weighted by molar-refractivity contribution is 5.37. The number of halogens is 1. The molecule has 0 heterocycles. The van der Waals surface area contributed by atoms with Gasteiger partial charge in [-0.1, -0.05) is 123 Å². The lowest BCUT2D eigenvalue weighted by atomic mass is 9.75. The summed E-state index contributed by atoms with van der Waals surface area (Å²) in [7, 11) is 0. The third-order valence-corrected chi connectivity index (χ3v) is 7.91. The van der Waals surface area contributed by atoms with E-state index in [1.54, 1.807) is 13.0 Å². The molecule has 0 nitrogen and oxygen atoms in total. The maximum absolute atomic E-state index is 13.9. The maximum Gasteiger partial charge on any atom is 0.130 e. The molecule has 0 amide bonds. The Morgan fingerprint density at radius 2 is 1.66 bits per heavy atom. The smallest absolute Gasteiger partial charge is 0.130 e. The minimum absolute atomic E-state index is 0.0598. The summed E-state index contributed by atoms with van der Waals surface area (Å²) in [4.78, 5) is 0. The summed E-state index contributed by atoms with van der Waals surface area (Å²) < 4.78 is 13.9. The zero-order valence-electron chi connectivity index (χ0n) is 24.9. The first kappa shape index (κ1) is 33.9. The van der Waals surface area contributed by atoms with Crippen LogP contribution in [-0.2, 0) is 0 Å². The Morgan fingerprint density at radius 1 is 1.06 bits per heavy atom. The van der Waals surface area contributed by atoms with E-state index < -0.39 is 5.67 Å². The molecular weight excluding hydrogens is 427 g/mol. The number of hydrogen-bond acceptors (Lipinski definition) is 0. The van der Waals surface area contributed by atoms with Crippen molar-refractivity contribution in [3.8, 4) is 0 Å². The van der Waals surface area contributed by atoms with Crippen molar-refractivity contribution in [2.75, 3.05) is 0 Å². The van der Waals surface area contributed by atoms with Gasteiger partial charge in [0.25, 0.3) is 0 Å². The second kappa shape index (κ2) is 19.1. The maximum atomic E-state index is 13.9. The predicted octanol–water partition coefficient (Wildman–Crippen LogP) is 12.1. The van der Waals surface area contributed by atoms with Crippen LogP contribution in [0.5, 0.6) is 0 Å². The topological polar surface area (TPSA) is 0 Å². The minimum Gasteiger partial charge on any atom is -0.239 e. The van der Waals surface area contributed by atoms with Crippen LogP contribution >= 0.6 is 0 Å². The van der Waals surface area contributed by atoms with Gasteiger partial charge < -0.3 is 0 Å². The van der Waals surface area contributed by atoms with Gasteiger partial charge in [-0.05, 0) is 63.0 Å². The van der Waals surface area contributed by atoms with Gasteiger partial charge in [0.15, 0.2) is 0 Å². The molecule has 0 aromatic heterocycles. The van der Waals surface area contributed by atoms with Crippen molar-refractivity contribution in [2.24, 2.45) is 17.3 Å². The molecule has 0 spiro atoms. The molecule has 3 unspecified atom stereocenters. The van der Waals surface area contributed by atoms with Gasteiger partial charge in [0.2, 0.25) is 0 Å². The molecule has 0 saturated heterocycles. The largest absolute Gasteiger partial charge is 0.239 e. The van der Waals surface area contributed by atoms with Crippen molar-refractivity contribution in [3.05, 3.63) is 48.6 Å². The Morgan fingerprint density at radius 3 is 2.11 bits per heavy atom. The Kier molecular flexibility index (Phi) is 18.5. The molecule has 0 aromatic carbocycles. The summed E-state index contributed by atoms with van der Waals surface area (Å²) >= 11 is 0. The van der Waals surface area contributed by atoms with Gasteiger partial charge in [0.05, 0.1) is 0 Å². The fourth-order valence-corrected chi connectivity index (χ4v) is 5.54. The number of unbranched alkanes of at least 4 members (excludes halogenated alkanes) is 2. The number of allylic oxidation sites excluding steroid dienone is 6. The molecule has 0 radical (unpaired) electrons. The molecule has 2 fully saturated rings. The van der Waals surface area contributed by atoms with E-state index in [2.05, 4.69) is 46.9 Å². The summed E-state index contributed by atoms with van der Waals surface area (Å²) in [5.41, 5.74) is 1.35. The molecule has 35 heavy (non-hydrogen) atoms. The van der Waals surface area contributed by atoms with Gasteiger partial charge in [0.1, 0.15) is 5.67 Å². The van der Waals surface area contributed by atoms with Gasteiger partial charge in [-0.3, -0.25) is 0 Å². The number of alkyl halides is 1. The van der Waals surface area contributed by atoms with Gasteiger partial charge in [-0.15, -0.1) is 13.2 Å². The highest BCUT2D eigenvalue weighted by atomic mass is 19.1. The fourth-order valence-electron chi connectivity index (χ4n) is 5.54. The lowest BCUT2D eigenvalue weighted by Crippen LogP contribution is -2.23. The monoisotopic (exact) mass is 488 g/mol. The van der Waals surface area contributed by atoms with Crippen LogP contribution in [0, 0.1) is 17.3 Å². The van der Waals surface area contributed by atoms with E-state index in [9.17, 15) is 4.39 Å². The van der Waals surface area contributed by atoms with Gasteiger partial charge in [-0.25, -0.2) is 4.39 Å². The summed E-state index contributed by atoms with van der Waals surface area (Å²) in [6.45, 7) is 22.4. The van der Waals surface area contributed by atoms with Gasteiger partial charge in [0, 0.05) is 11.8 Å². The second-order valence-electron chi connectivity index (χ2n) is 11.3. The van der Waals surface area contributed by atoms with Crippen molar-refractivity contribution in [2.45, 2.75) is 150 Å². The SMILES string of the molecule is C=C(C)CCCC.C=CC1(C2=CC(C)(F)CC=C2)CCCC1.CC.CCCCC1CCCCC1C. The second-order valence-corrected chi connectivity index (χ2v) is 11.3. The molecule has 0 aliphatic heterocycles. The first-order chi connectivity index (χ1) is 16.7.